The maximum Gasteiger partial charge on any atom is 0.263 e. The molecule has 1 aromatic rings. The second-order valence-electron chi connectivity index (χ2n) is 7.20. The molecule has 0 unspecified atom stereocenters. The number of unbranched alkanes of at least 4 members (excludes halogenated alkanes) is 2. The Morgan fingerprint density at radius 2 is 1.89 bits per heavy atom. The third-order valence-corrected chi connectivity index (χ3v) is 6.68. The number of piperidine rings is 1. The molecule has 1 aromatic carbocycles. The highest BCUT2D eigenvalue weighted by Gasteiger charge is 2.29. The van der Waals surface area contributed by atoms with Crippen molar-refractivity contribution in [3.63, 3.8) is 0 Å². The van der Waals surface area contributed by atoms with Gasteiger partial charge in [0.05, 0.1) is 4.90 Å². The first-order valence-electron chi connectivity index (χ1n) is 9.66. The summed E-state index contributed by atoms with van der Waals surface area (Å²) in [5.41, 5.74) is 6.32. The first-order chi connectivity index (χ1) is 13.0. The Labute approximate surface area is 173 Å². The van der Waals surface area contributed by atoms with Crippen molar-refractivity contribution in [1.82, 2.24) is 9.62 Å². The van der Waals surface area contributed by atoms with E-state index in [4.69, 9.17) is 5.73 Å². The summed E-state index contributed by atoms with van der Waals surface area (Å²) in [5.74, 6) is 1.21. The van der Waals surface area contributed by atoms with Crippen molar-refractivity contribution < 1.29 is 13.2 Å². The van der Waals surface area contributed by atoms with Crippen LogP contribution >= 0.6 is 12.4 Å². The van der Waals surface area contributed by atoms with E-state index in [1.165, 1.54) is 0 Å². The molecule has 28 heavy (non-hydrogen) atoms. The highest BCUT2D eigenvalue weighted by molar-refractivity contribution is 7.90. The van der Waals surface area contributed by atoms with Crippen LogP contribution in [-0.2, 0) is 14.8 Å². The Morgan fingerprint density at radius 1 is 1.18 bits per heavy atom. The number of likely N-dealkylation sites (tertiary alicyclic amines) is 1. The molecule has 7 nitrogen and oxygen atoms in total. The molecule has 3 rings (SSSR count). The number of carbonyl (C=O) groups is 1. The van der Waals surface area contributed by atoms with Crippen LogP contribution in [0.2, 0.25) is 0 Å². The van der Waals surface area contributed by atoms with Gasteiger partial charge >= 0.3 is 0 Å². The number of benzene rings is 1. The number of amidine groups is 1. The summed E-state index contributed by atoms with van der Waals surface area (Å²) >= 11 is 0. The van der Waals surface area contributed by atoms with Gasteiger partial charge in [0.1, 0.15) is 5.84 Å². The highest BCUT2D eigenvalue weighted by atomic mass is 35.5. The summed E-state index contributed by atoms with van der Waals surface area (Å²) < 4.78 is 26.6. The molecule has 0 spiro atoms. The molecule has 2 heterocycles. The maximum atomic E-state index is 12.2. The highest BCUT2D eigenvalue weighted by Crippen LogP contribution is 2.22. The molecule has 2 aliphatic heterocycles. The molecule has 0 bridgehead atoms. The van der Waals surface area contributed by atoms with E-state index >= 15 is 0 Å². The van der Waals surface area contributed by atoms with Crippen molar-refractivity contribution in [3.05, 3.63) is 29.8 Å². The molecule has 1 fully saturated rings. The minimum absolute atomic E-state index is 0. The Bertz CT molecular complexity index is 805. The van der Waals surface area contributed by atoms with Gasteiger partial charge in [-0.2, -0.15) is 0 Å². The zero-order chi connectivity index (χ0) is 19.3. The first-order valence-corrected chi connectivity index (χ1v) is 11.1. The largest absolute Gasteiger partial charge is 0.343 e. The van der Waals surface area contributed by atoms with Gasteiger partial charge in [0, 0.05) is 31.6 Å². The van der Waals surface area contributed by atoms with Crippen molar-refractivity contribution in [2.45, 2.75) is 43.4 Å². The zero-order valence-corrected chi connectivity index (χ0v) is 17.6. The van der Waals surface area contributed by atoms with Crippen LogP contribution in [0, 0.1) is 5.92 Å². The number of nitrogens with one attached hydrogen (secondary N) is 1. The smallest absolute Gasteiger partial charge is 0.263 e. The molecular formula is C19H29ClN4O3S. The fourth-order valence-electron chi connectivity index (χ4n) is 3.58. The number of carbonyl (C=O) groups excluding carboxylic acids is 1. The minimum Gasteiger partial charge on any atom is -0.343 e. The fourth-order valence-corrected chi connectivity index (χ4v) is 4.83. The van der Waals surface area contributed by atoms with Crippen LogP contribution in [0.4, 0.5) is 0 Å². The van der Waals surface area contributed by atoms with Gasteiger partial charge in [0.2, 0.25) is 5.91 Å². The first kappa shape index (κ1) is 22.6. The molecule has 0 saturated carbocycles. The normalized spacial score (nSPS) is 19.8. The van der Waals surface area contributed by atoms with Crippen LogP contribution in [-0.4, -0.2) is 51.2 Å². The van der Waals surface area contributed by atoms with Gasteiger partial charge in [-0.1, -0.05) is 18.6 Å². The van der Waals surface area contributed by atoms with Gasteiger partial charge in [-0.15, -0.1) is 12.4 Å². The lowest BCUT2D eigenvalue weighted by Crippen LogP contribution is -2.39. The number of hydrogen-bond donors (Lipinski definition) is 2. The molecule has 3 N–H and O–H groups in total. The Balaban J connectivity index is 0.00000280. The fraction of sp³-hybridized carbons (Fsp3) is 0.579. The van der Waals surface area contributed by atoms with Crippen LogP contribution in [0.25, 0.3) is 0 Å². The van der Waals surface area contributed by atoms with Gasteiger partial charge in [0.25, 0.3) is 10.0 Å². The van der Waals surface area contributed by atoms with Crippen molar-refractivity contribution in [1.29, 1.82) is 0 Å². The number of fused-ring (bicyclic) bond motifs is 1. The van der Waals surface area contributed by atoms with Gasteiger partial charge in [-0.25, -0.2) is 8.42 Å². The third-order valence-electron chi connectivity index (χ3n) is 5.28. The maximum absolute atomic E-state index is 12.2. The van der Waals surface area contributed by atoms with Crippen molar-refractivity contribution in [3.8, 4) is 0 Å². The number of hydrogen-bond acceptors (Lipinski definition) is 5. The van der Waals surface area contributed by atoms with E-state index < -0.39 is 10.0 Å². The molecule has 9 heteroatoms. The summed E-state index contributed by atoms with van der Waals surface area (Å²) in [6.45, 7) is 2.91. The van der Waals surface area contributed by atoms with E-state index in [9.17, 15) is 13.2 Å². The van der Waals surface area contributed by atoms with E-state index in [1.807, 2.05) is 4.90 Å². The van der Waals surface area contributed by atoms with E-state index in [1.54, 1.807) is 24.3 Å². The summed E-state index contributed by atoms with van der Waals surface area (Å²) in [5, 5.41) is 0. The number of amides is 1. The van der Waals surface area contributed by atoms with Gasteiger partial charge in [-0.05, 0) is 50.3 Å². The second-order valence-corrected chi connectivity index (χ2v) is 8.85. The van der Waals surface area contributed by atoms with Gasteiger partial charge in [-0.3, -0.25) is 14.5 Å². The molecule has 156 valence electrons. The monoisotopic (exact) mass is 428 g/mol. The molecule has 0 atom stereocenters. The standard InChI is InChI=1S/C19H28N4O3S.ClH/c20-14-15-9-12-23(13-10-15)18(24)8-2-1-5-11-21-19-16-6-3-4-7-17(16)27(25,26)22-19;/h3-4,6-7,15H,1-2,5,8-14,20H2,(H,21,22);1H. The van der Waals surface area contributed by atoms with Gasteiger partial charge < -0.3 is 10.6 Å². The van der Waals surface area contributed by atoms with Crippen LogP contribution < -0.4 is 10.5 Å². The summed E-state index contributed by atoms with van der Waals surface area (Å²) in [6, 6.07) is 6.86. The number of halogens is 1. The van der Waals surface area contributed by atoms with E-state index in [-0.39, 0.29) is 23.2 Å². The summed E-state index contributed by atoms with van der Waals surface area (Å²) in [4.78, 5) is 18.9. The molecule has 1 saturated heterocycles. The third kappa shape index (κ3) is 5.46. The van der Waals surface area contributed by atoms with Crippen molar-refractivity contribution in [2.75, 3.05) is 26.2 Å². The minimum atomic E-state index is -3.47. The lowest BCUT2D eigenvalue weighted by Gasteiger charge is -2.31. The quantitative estimate of drug-likeness (QED) is 0.647. The Morgan fingerprint density at radius 3 is 2.61 bits per heavy atom. The lowest BCUT2D eigenvalue weighted by molar-refractivity contribution is -0.132. The average Bonchev–Trinajstić information content (AvgIpc) is 2.95. The summed E-state index contributed by atoms with van der Waals surface area (Å²) in [7, 11) is -3.47. The van der Waals surface area contributed by atoms with Crippen LogP contribution in [0.1, 0.15) is 44.1 Å². The Hall–Kier alpha value is -1.64. The SMILES string of the molecule is Cl.NCC1CCN(C(=O)CCCCCN=C2NS(=O)(=O)c3ccccc32)CC1. The number of sulfonamides is 1. The van der Waals surface area contributed by atoms with E-state index in [0.29, 0.717) is 36.8 Å². The van der Waals surface area contributed by atoms with Crippen molar-refractivity contribution >= 4 is 34.2 Å². The predicted octanol–water partition coefficient (Wildman–Crippen LogP) is 1.90. The molecule has 0 radical (unpaired) electrons. The number of rotatable bonds is 7. The van der Waals surface area contributed by atoms with Gasteiger partial charge in [0.15, 0.2) is 0 Å². The number of aliphatic imine (C=N–C) groups is 1. The second kappa shape index (κ2) is 10.2. The Kier molecular flexibility index (Phi) is 8.27. The zero-order valence-electron chi connectivity index (χ0n) is 16.0. The van der Waals surface area contributed by atoms with E-state index in [2.05, 4.69) is 9.71 Å². The predicted molar refractivity (Wildman–Crippen MR) is 112 cm³/mol. The molecule has 2 aliphatic rings. The summed E-state index contributed by atoms with van der Waals surface area (Å²) in [6.07, 6.45) is 5.16. The van der Waals surface area contributed by atoms with Crippen LogP contribution in [0.3, 0.4) is 0 Å². The van der Waals surface area contributed by atoms with Crippen molar-refractivity contribution in [2.24, 2.45) is 16.6 Å². The van der Waals surface area contributed by atoms with Crippen LogP contribution in [0.15, 0.2) is 34.2 Å². The molecule has 0 aliphatic carbocycles. The average molecular weight is 429 g/mol. The topological polar surface area (TPSA) is 105 Å². The molecule has 1 amide bonds. The number of nitrogens with zero attached hydrogens (tertiary/aromatic N) is 2. The molecule has 0 aromatic heterocycles. The lowest BCUT2D eigenvalue weighted by atomic mass is 9.97. The van der Waals surface area contributed by atoms with E-state index in [0.717, 1.165) is 45.2 Å². The molecular weight excluding hydrogens is 400 g/mol. The number of nitrogens with two attached hydrogens (primary N) is 1. The van der Waals surface area contributed by atoms with Crippen LogP contribution in [0.5, 0.6) is 0 Å².